The van der Waals surface area contributed by atoms with Crippen molar-refractivity contribution in [1.82, 2.24) is 4.98 Å². The Bertz CT molecular complexity index is 597. The zero-order chi connectivity index (χ0) is 14.8. The van der Waals surface area contributed by atoms with Gasteiger partial charge in [0.05, 0.1) is 6.20 Å². The van der Waals surface area contributed by atoms with Crippen LogP contribution in [-0.4, -0.2) is 12.0 Å². The van der Waals surface area contributed by atoms with E-state index in [0.29, 0.717) is 12.3 Å². The Balaban J connectivity index is 2.11. The molecule has 0 saturated carbocycles. The van der Waals surface area contributed by atoms with E-state index in [-0.39, 0.29) is 17.9 Å². The van der Waals surface area contributed by atoms with Gasteiger partial charge in [0.15, 0.2) is 0 Å². The van der Waals surface area contributed by atoms with Crippen molar-refractivity contribution in [1.29, 1.82) is 0 Å². The lowest BCUT2D eigenvalue weighted by Crippen LogP contribution is -2.34. The molecule has 8 heteroatoms. The van der Waals surface area contributed by atoms with Gasteiger partial charge >= 0.3 is 6.98 Å². The van der Waals surface area contributed by atoms with Crippen molar-refractivity contribution in [3.05, 3.63) is 53.9 Å². The van der Waals surface area contributed by atoms with Gasteiger partial charge in [0.1, 0.15) is 24.0 Å². The minimum atomic E-state index is -5.17. The van der Waals surface area contributed by atoms with Gasteiger partial charge in [-0.3, -0.25) is 4.98 Å². The zero-order valence-electron chi connectivity index (χ0n) is 9.99. The van der Waals surface area contributed by atoms with Crippen LogP contribution in [0.25, 0.3) is 0 Å². The lowest BCUT2D eigenvalue weighted by Gasteiger charge is -2.15. The molecular formula is C12H8BF5NO-. The molecule has 0 saturated heterocycles. The van der Waals surface area contributed by atoms with Crippen molar-refractivity contribution in [3.63, 3.8) is 0 Å². The quantitative estimate of drug-likeness (QED) is 0.637. The van der Waals surface area contributed by atoms with E-state index in [9.17, 15) is 21.7 Å². The average molecular weight is 288 g/mol. The maximum atomic E-state index is 12.9. The maximum Gasteiger partial charge on any atom is 0.511 e. The van der Waals surface area contributed by atoms with Crippen LogP contribution in [0.3, 0.4) is 0 Å². The predicted octanol–water partition coefficient (Wildman–Crippen LogP) is 2.99. The van der Waals surface area contributed by atoms with Crippen LogP contribution in [0.5, 0.6) is 5.75 Å². The largest absolute Gasteiger partial charge is 0.511 e. The van der Waals surface area contributed by atoms with Crippen LogP contribution in [0, 0.1) is 11.6 Å². The number of rotatable bonds is 4. The van der Waals surface area contributed by atoms with Gasteiger partial charge in [-0.25, -0.2) is 8.78 Å². The molecule has 0 atom stereocenters. The highest BCUT2D eigenvalue weighted by atomic mass is 19.4. The molecule has 0 radical (unpaired) electrons. The molecule has 0 bridgehead atoms. The average Bonchev–Trinajstić information content (AvgIpc) is 2.35. The topological polar surface area (TPSA) is 22.1 Å². The Morgan fingerprint density at radius 1 is 0.950 bits per heavy atom. The summed E-state index contributed by atoms with van der Waals surface area (Å²) in [6.07, 6.45) is 1.79. The molecule has 0 aliphatic carbocycles. The molecule has 0 fully saturated rings. The fraction of sp³-hybridized carbons (Fsp3) is 0.0833. The third-order valence-electron chi connectivity index (χ3n) is 2.44. The van der Waals surface area contributed by atoms with E-state index in [0.717, 1.165) is 24.4 Å². The summed E-state index contributed by atoms with van der Waals surface area (Å²) in [5.41, 5.74) is -0.724. The fourth-order valence-corrected chi connectivity index (χ4v) is 1.55. The standard InChI is InChI=1S/C12H8BF5NO/c14-10-1-8(2-11(15)4-10)7-20-12-3-9(5-19-6-12)13(16,17)18/h1-6H,7H2/q-1. The highest BCUT2D eigenvalue weighted by Crippen LogP contribution is 2.15. The van der Waals surface area contributed by atoms with Gasteiger partial charge in [0, 0.05) is 12.3 Å². The van der Waals surface area contributed by atoms with E-state index in [1.165, 1.54) is 0 Å². The highest BCUT2D eigenvalue weighted by molar-refractivity contribution is 6.73. The molecule has 0 amide bonds. The molecule has 0 N–H and O–H groups in total. The highest BCUT2D eigenvalue weighted by Gasteiger charge is 2.26. The summed E-state index contributed by atoms with van der Waals surface area (Å²) in [7, 11) is 0. The molecule has 1 aromatic carbocycles. The molecule has 1 aromatic heterocycles. The van der Waals surface area contributed by atoms with Gasteiger partial charge < -0.3 is 17.7 Å². The molecular weight excluding hydrogens is 280 g/mol. The molecule has 2 aromatic rings. The summed E-state index contributed by atoms with van der Waals surface area (Å²) in [5, 5.41) is 0. The monoisotopic (exact) mass is 288 g/mol. The Morgan fingerprint density at radius 2 is 1.60 bits per heavy atom. The van der Waals surface area contributed by atoms with E-state index < -0.39 is 24.1 Å². The van der Waals surface area contributed by atoms with E-state index in [1.54, 1.807) is 0 Å². The first-order chi connectivity index (χ1) is 9.34. The number of hydrogen-bond donors (Lipinski definition) is 0. The van der Waals surface area contributed by atoms with Crippen molar-refractivity contribution >= 4 is 12.4 Å². The number of hydrogen-bond acceptors (Lipinski definition) is 2. The lowest BCUT2D eigenvalue weighted by molar-refractivity contribution is 0.303. The van der Waals surface area contributed by atoms with Crippen LogP contribution in [0.4, 0.5) is 21.7 Å². The van der Waals surface area contributed by atoms with Crippen LogP contribution in [0.1, 0.15) is 5.56 Å². The summed E-state index contributed by atoms with van der Waals surface area (Å²) in [4.78, 5) is 3.42. The number of halogens is 5. The van der Waals surface area contributed by atoms with E-state index in [1.807, 2.05) is 0 Å². The summed E-state index contributed by atoms with van der Waals surface area (Å²) < 4.78 is 68.4. The Morgan fingerprint density at radius 3 is 2.20 bits per heavy atom. The summed E-state index contributed by atoms with van der Waals surface area (Å²) in [5.74, 6) is -1.69. The summed E-state index contributed by atoms with van der Waals surface area (Å²) in [6.45, 7) is -5.43. The van der Waals surface area contributed by atoms with Crippen molar-refractivity contribution in [3.8, 4) is 5.75 Å². The van der Waals surface area contributed by atoms with Crippen LogP contribution >= 0.6 is 0 Å². The second-order valence-electron chi connectivity index (χ2n) is 4.10. The van der Waals surface area contributed by atoms with Gasteiger partial charge in [0.25, 0.3) is 0 Å². The Hall–Kier alpha value is -2.12. The van der Waals surface area contributed by atoms with Crippen molar-refractivity contribution in [2.75, 3.05) is 0 Å². The Labute approximate surface area is 111 Å². The number of nitrogens with zero attached hydrogens (tertiary/aromatic N) is 1. The van der Waals surface area contributed by atoms with Crippen molar-refractivity contribution in [2.45, 2.75) is 6.61 Å². The molecule has 2 nitrogen and oxygen atoms in total. The van der Waals surface area contributed by atoms with E-state index in [2.05, 4.69) is 4.98 Å². The molecule has 0 unspecified atom stereocenters. The first-order valence-corrected chi connectivity index (χ1v) is 5.57. The van der Waals surface area contributed by atoms with Crippen molar-refractivity contribution < 1.29 is 26.5 Å². The molecule has 20 heavy (non-hydrogen) atoms. The number of pyridine rings is 1. The summed E-state index contributed by atoms with van der Waals surface area (Å²) in [6, 6.07) is 3.56. The third-order valence-corrected chi connectivity index (χ3v) is 2.44. The second kappa shape index (κ2) is 5.48. The predicted molar refractivity (Wildman–Crippen MR) is 63.6 cm³/mol. The number of benzene rings is 1. The number of aromatic nitrogens is 1. The van der Waals surface area contributed by atoms with Gasteiger partial charge in [0.2, 0.25) is 0 Å². The third kappa shape index (κ3) is 3.69. The smallest absolute Gasteiger partial charge is 0.487 e. The molecule has 1 heterocycles. The first-order valence-electron chi connectivity index (χ1n) is 5.57. The summed E-state index contributed by atoms with van der Waals surface area (Å²) >= 11 is 0. The molecule has 0 aliphatic heterocycles. The zero-order valence-corrected chi connectivity index (χ0v) is 9.99. The SMILES string of the molecule is Fc1cc(F)cc(COc2cncc([B-](F)(F)F)c2)c1. The van der Waals surface area contributed by atoms with Crippen LogP contribution in [0.2, 0.25) is 0 Å². The number of ether oxygens (including phenoxy) is 1. The van der Waals surface area contributed by atoms with Gasteiger partial charge in [-0.05, 0) is 23.8 Å². The molecule has 0 aliphatic rings. The normalized spacial score (nSPS) is 11.4. The van der Waals surface area contributed by atoms with Gasteiger partial charge in [-0.2, -0.15) is 0 Å². The Kier molecular flexibility index (Phi) is 3.92. The van der Waals surface area contributed by atoms with E-state index in [4.69, 9.17) is 4.74 Å². The van der Waals surface area contributed by atoms with E-state index >= 15 is 0 Å². The molecule has 0 spiro atoms. The second-order valence-corrected chi connectivity index (χ2v) is 4.10. The fourth-order valence-electron chi connectivity index (χ4n) is 1.55. The van der Waals surface area contributed by atoms with Crippen LogP contribution < -0.4 is 10.2 Å². The van der Waals surface area contributed by atoms with Crippen molar-refractivity contribution in [2.24, 2.45) is 0 Å². The van der Waals surface area contributed by atoms with Gasteiger partial charge in [-0.15, -0.1) is 0 Å². The molecule has 2 rings (SSSR count). The minimum absolute atomic E-state index is 0.119. The van der Waals surface area contributed by atoms with Crippen LogP contribution in [0.15, 0.2) is 36.7 Å². The van der Waals surface area contributed by atoms with Gasteiger partial charge in [-0.1, -0.05) is 5.46 Å². The minimum Gasteiger partial charge on any atom is -0.487 e. The van der Waals surface area contributed by atoms with Crippen LogP contribution in [-0.2, 0) is 6.61 Å². The lowest BCUT2D eigenvalue weighted by atomic mass is 9.81. The maximum absolute atomic E-state index is 12.9. The molecule has 106 valence electrons. The first kappa shape index (κ1) is 14.3.